The van der Waals surface area contributed by atoms with Crippen LogP contribution in [0.25, 0.3) is 0 Å². The van der Waals surface area contributed by atoms with Crippen molar-refractivity contribution in [3.05, 3.63) is 29.8 Å². The van der Waals surface area contributed by atoms with E-state index in [4.69, 9.17) is 9.57 Å². The Balaban J connectivity index is 1.65. The zero-order valence-electron chi connectivity index (χ0n) is 13.2. The average molecular weight is 285 g/mol. The van der Waals surface area contributed by atoms with Crippen LogP contribution in [0.5, 0.6) is 5.75 Å². The molecule has 21 heavy (non-hydrogen) atoms. The highest BCUT2D eigenvalue weighted by atomic mass is 16.7. The van der Waals surface area contributed by atoms with Crippen molar-refractivity contribution in [1.82, 2.24) is 0 Å². The van der Waals surface area contributed by atoms with E-state index in [0.717, 1.165) is 17.4 Å². The minimum Gasteiger partial charge on any atom is -0.497 e. The van der Waals surface area contributed by atoms with Gasteiger partial charge in [0.05, 0.1) is 12.8 Å². The topological polar surface area (TPSA) is 30.8 Å². The molecule has 1 aromatic carbocycles. The number of ether oxygens (including phenoxy) is 1. The zero-order valence-corrected chi connectivity index (χ0v) is 13.2. The fourth-order valence-corrected chi connectivity index (χ4v) is 4.89. The average Bonchev–Trinajstić information content (AvgIpc) is 2.84. The van der Waals surface area contributed by atoms with Gasteiger partial charge in [-0.25, -0.2) is 0 Å². The lowest BCUT2D eigenvalue weighted by Gasteiger charge is -2.63. The van der Waals surface area contributed by atoms with Crippen LogP contribution < -0.4 is 4.74 Å². The van der Waals surface area contributed by atoms with Gasteiger partial charge in [0.25, 0.3) is 0 Å². The van der Waals surface area contributed by atoms with Crippen LogP contribution >= 0.6 is 0 Å². The van der Waals surface area contributed by atoms with Gasteiger partial charge >= 0.3 is 0 Å². The molecule has 0 radical (unpaired) electrons. The summed E-state index contributed by atoms with van der Waals surface area (Å²) in [5, 5.41) is 4.50. The van der Waals surface area contributed by atoms with E-state index in [1.165, 1.54) is 18.4 Å². The Morgan fingerprint density at radius 3 is 2.48 bits per heavy atom. The predicted molar refractivity (Wildman–Crippen MR) is 82.5 cm³/mol. The van der Waals surface area contributed by atoms with Gasteiger partial charge in [-0.3, -0.25) is 0 Å². The van der Waals surface area contributed by atoms with E-state index in [2.05, 4.69) is 38.1 Å². The van der Waals surface area contributed by atoms with Gasteiger partial charge < -0.3 is 9.57 Å². The van der Waals surface area contributed by atoms with Crippen molar-refractivity contribution >= 4 is 5.71 Å². The van der Waals surface area contributed by atoms with Crippen LogP contribution in [0.4, 0.5) is 0 Å². The van der Waals surface area contributed by atoms with Crippen molar-refractivity contribution in [2.45, 2.75) is 39.2 Å². The SMILES string of the molecule is COc1ccc(C2=NOC3(C)C2C[C@H]2C[C@@H]3C2(C)C)cc1. The van der Waals surface area contributed by atoms with Gasteiger partial charge in [-0.05, 0) is 55.4 Å². The summed E-state index contributed by atoms with van der Waals surface area (Å²) in [4.78, 5) is 6.01. The number of hydrogen-bond acceptors (Lipinski definition) is 3. The fourth-order valence-electron chi connectivity index (χ4n) is 4.89. The smallest absolute Gasteiger partial charge is 0.146 e. The first-order valence-corrected chi connectivity index (χ1v) is 7.87. The highest BCUT2D eigenvalue weighted by Crippen LogP contribution is 2.67. The second-order valence-electron chi connectivity index (χ2n) is 7.58. The summed E-state index contributed by atoms with van der Waals surface area (Å²) in [5.41, 5.74) is 2.58. The molecule has 4 atom stereocenters. The third kappa shape index (κ3) is 1.58. The molecule has 3 fully saturated rings. The van der Waals surface area contributed by atoms with Crippen LogP contribution in [0.1, 0.15) is 39.2 Å². The molecule has 3 heteroatoms. The summed E-state index contributed by atoms with van der Waals surface area (Å²) in [5.74, 6) is 2.75. The maximum absolute atomic E-state index is 6.01. The van der Waals surface area contributed by atoms with Gasteiger partial charge in [0, 0.05) is 17.4 Å². The number of rotatable bonds is 2. The third-order valence-corrected chi connectivity index (χ3v) is 6.43. The highest BCUT2D eigenvalue weighted by molar-refractivity contribution is 6.03. The standard InChI is InChI=1S/C18H23NO2/c1-17(2)12-9-14-16(11-5-7-13(20-4)8-6-11)19-21-18(14,3)15(17)10-12/h5-8,12,14-15H,9-10H2,1-4H3/t12-,14?,15+,18?/m0/s1. The van der Waals surface area contributed by atoms with E-state index >= 15 is 0 Å². The molecule has 112 valence electrons. The Bertz CT molecular complexity index is 604. The molecule has 0 saturated heterocycles. The van der Waals surface area contributed by atoms with Crippen LogP contribution in [0.2, 0.25) is 0 Å². The number of benzene rings is 1. The van der Waals surface area contributed by atoms with Crippen LogP contribution in [0.3, 0.4) is 0 Å². The molecule has 2 unspecified atom stereocenters. The molecule has 2 bridgehead atoms. The van der Waals surface area contributed by atoms with E-state index in [-0.39, 0.29) is 5.60 Å². The second kappa shape index (κ2) is 4.02. The quantitative estimate of drug-likeness (QED) is 0.826. The Kier molecular flexibility index (Phi) is 2.52. The van der Waals surface area contributed by atoms with Crippen molar-refractivity contribution in [2.75, 3.05) is 7.11 Å². The Labute approximate surface area is 126 Å². The minimum absolute atomic E-state index is 0.118. The monoisotopic (exact) mass is 285 g/mol. The largest absolute Gasteiger partial charge is 0.497 e. The van der Waals surface area contributed by atoms with Gasteiger partial charge in [-0.1, -0.05) is 19.0 Å². The lowest BCUT2D eigenvalue weighted by molar-refractivity contribution is -0.220. The normalized spacial score (nSPS) is 38.9. The summed E-state index contributed by atoms with van der Waals surface area (Å²) >= 11 is 0. The molecule has 3 saturated carbocycles. The summed E-state index contributed by atoms with van der Waals surface area (Å²) < 4.78 is 5.24. The zero-order chi connectivity index (χ0) is 14.8. The van der Waals surface area contributed by atoms with Crippen molar-refractivity contribution in [1.29, 1.82) is 0 Å². The molecule has 1 aromatic rings. The van der Waals surface area contributed by atoms with Crippen LogP contribution in [0.15, 0.2) is 29.4 Å². The van der Waals surface area contributed by atoms with Gasteiger partial charge in [0.15, 0.2) is 0 Å². The minimum atomic E-state index is -0.118. The van der Waals surface area contributed by atoms with Crippen molar-refractivity contribution in [2.24, 2.45) is 28.3 Å². The molecule has 3 aliphatic carbocycles. The van der Waals surface area contributed by atoms with E-state index in [0.29, 0.717) is 17.3 Å². The maximum Gasteiger partial charge on any atom is 0.146 e. The molecule has 5 rings (SSSR count). The van der Waals surface area contributed by atoms with Gasteiger partial charge in [0.1, 0.15) is 11.4 Å². The van der Waals surface area contributed by atoms with E-state index < -0.39 is 0 Å². The number of nitrogens with zero attached hydrogens (tertiary/aromatic N) is 1. The van der Waals surface area contributed by atoms with Gasteiger partial charge in [0.2, 0.25) is 0 Å². The Hall–Kier alpha value is -1.51. The first-order chi connectivity index (χ1) is 9.96. The van der Waals surface area contributed by atoms with Crippen LogP contribution in [-0.4, -0.2) is 18.4 Å². The van der Waals surface area contributed by atoms with E-state index in [1.807, 2.05) is 12.1 Å². The van der Waals surface area contributed by atoms with Crippen LogP contribution in [-0.2, 0) is 4.84 Å². The molecule has 0 N–H and O–H groups in total. The summed E-state index contributed by atoms with van der Waals surface area (Å²) in [6.45, 7) is 7.05. The van der Waals surface area contributed by atoms with E-state index in [1.54, 1.807) is 7.11 Å². The molecule has 0 spiro atoms. The first kappa shape index (κ1) is 13.2. The van der Waals surface area contributed by atoms with Crippen molar-refractivity contribution < 1.29 is 9.57 Å². The molecule has 1 aliphatic heterocycles. The van der Waals surface area contributed by atoms with Gasteiger partial charge in [-0.2, -0.15) is 0 Å². The summed E-state index contributed by atoms with van der Waals surface area (Å²) in [6, 6.07) is 8.19. The Morgan fingerprint density at radius 1 is 1.14 bits per heavy atom. The molecular formula is C18H23NO2. The van der Waals surface area contributed by atoms with Crippen molar-refractivity contribution in [3.63, 3.8) is 0 Å². The molecule has 0 aromatic heterocycles. The lowest BCUT2D eigenvalue weighted by atomic mass is 9.41. The van der Waals surface area contributed by atoms with Crippen molar-refractivity contribution in [3.8, 4) is 5.75 Å². The number of hydrogen-bond donors (Lipinski definition) is 0. The number of methoxy groups -OCH3 is 1. The van der Waals surface area contributed by atoms with E-state index in [9.17, 15) is 0 Å². The molecule has 3 nitrogen and oxygen atoms in total. The summed E-state index contributed by atoms with van der Waals surface area (Å²) in [7, 11) is 1.69. The number of oxime groups is 1. The first-order valence-electron chi connectivity index (χ1n) is 7.87. The Morgan fingerprint density at radius 2 is 1.86 bits per heavy atom. The van der Waals surface area contributed by atoms with Crippen LogP contribution in [0, 0.1) is 23.2 Å². The molecule has 4 aliphatic rings. The lowest BCUT2D eigenvalue weighted by Crippen LogP contribution is -2.64. The highest BCUT2D eigenvalue weighted by Gasteiger charge is 2.67. The molecular weight excluding hydrogens is 262 g/mol. The third-order valence-electron chi connectivity index (χ3n) is 6.43. The van der Waals surface area contributed by atoms with Gasteiger partial charge in [-0.15, -0.1) is 0 Å². The summed E-state index contributed by atoms with van der Waals surface area (Å²) in [6.07, 6.45) is 2.50. The fraction of sp³-hybridized carbons (Fsp3) is 0.611. The maximum atomic E-state index is 6.01. The second-order valence-corrected chi connectivity index (χ2v) is 7.58. The molecule has 1 heterocycles. The predicted octanol–water partition coefficient (Wildman–Crippen LogP) is 3.87. The molecule has 0 amide bonds.